The third-order valence-electron chi connectivity index (χ3n) is 3.52. The largest absolute Gasteiger partial charge is 0.467 e. The SMILES string of the molecule is CCCC(C)(NC(=O)c1sc2ccccc2c1Cl)C(=O)OC. The first-order chi connectivity index (χ1) is 10.4. The number of amides is 1. The third kappa shape index (κ3) is 3.10. The summed E-state index contributed by atoms with van der Waals surface area (Å²) in [5.41, 5.74) is -1.06. The van der Waals surface area contributed by atoms with E-state index in [9.17, 15) is 9.59 Å². The first-order valence-electron chi connectivity index (χ1n) is 7.01. The number of ether oxygens (including phenoxy) is 1. The van der Waals surface area contributed by atoms with Crippen molar-refractivity contribution < 1.29 is 14.3 Å². The van der Waals surface area contributed by atoms with Crippen LogP contribution >= 0.6 is 22.9 Å². The number of rotatable bonds is 5. The number of esters is 1. The van der Waals surface area contributed by atoms with Crippen LogP contribution in [-0.2, 0) is 9.53 Å². The van der Waals surface area contributed by atoms with Crippen LogP contribution in [-0.4, -0.2) is 24.5 Å². The van der Waals surface area contributed by atoms with Gasteiger partial charge in [-0.3, -0.25) is 4.79 Å². The Morgan fingerprint density at radius 1 is 1.36 bits per heavy atom. The molecule has 0 saturated carbocycles. The smallest absolute Gasteiger partial charge is 0.331 e. The summed E-state index contributed by atoms with van der Waals surface area (Å²) in [6, 6.07) is 7.55. The standard InChI is InChI=1S/C16H18ClNO3S/c1-4-9-16(2,15(20)21-3)18-14(19)13-12(17)10-7-5-6-8-11(10)22-13/h5-8H,4,9H2,1-3H3,(H,18,19). The number of carbonyl (C=O) groups excluding carboxylic acids is 2. The first-order valence-corrected chi connectivity index (χ1v) is 8.20. The lowest BCUT2D eigenvalue weighted by Gasteiger charge is -2.27. The highest BCUT2D eigenvalue weighted by molar-refractivity contribution is 7.21. The van der Waals surface area contributed by atoms with Crippen molar-refractivity contribution >= 4 is 44.9 Å². The maximum Gasteiger partial charge on any atom is 0.331 e. The van der Waals surface area contributed by atoms with Crippen LogP contribution < -0.4 is 5.32 Å². The molecule has 118 valence electrons. The van der Waals surface area contributed by atoms with Gasteiger partial charge in [-0.05, 0) is 19.4 Å². The van der Waals surface area contributed by atoms with E-state index in [0.717, 1.165) is 16.5 Å². The first kappa shape index (κ1) is 16.8. The van der Waals surface area contributed by atoms with Crippen molar-refractivity contribution in [3.63, 3.8) is 0 Å². The van der Waals surface area contributed by atoms with Gasteiger partial charge in [0, 0.05) is 10.1 Å². The summed E-state index contributed by atoms with van der Waals surface area (Å²) in [7, 11) is 1.31. The molecule has 1 atom stereocenters. The van der Waals surface area contributed by atoms with Crippen LogP contribution in [0.1, 0.15) is 36.4 Å². The predicted molar refractivity (Wildman–Crippen MR) is 89.6 cm³/mol. The van der Waals surface area contributed by atoms with Gasteiger partial charge in [-0.25, -0.2) is 4.79 Å². The van der Waals surface area contributed by atoms with Gasteiger partial charge in [-0.2, -0.15) is 0 Å². The average Bonchev–Trinajstić information content (AvgIpc) is 2.84. The number of nitrogens with one attached hydrogen (secondary N) is 1. The highest BCUT2D eigenvalue weighted by Crippen LogP contribution is 2.35. The van der Waals surface area contributed by atoms with Gasteiger partial charge in [-0.1, -0.05) is 43.1 Å². The molecule has 0 bridgehead atoms. The fourth-order valence-corrected chi connectivity index (χ4v) is 3.82. The molecule has 1 unspecified atom stereocenters. The van der Waals surface area contributed by atoms with E-state index in [1.54, 1.807) is 6.92 Å². The van der Waals surface area contributed by atoms with Crippen LogP contribution in [0.2, 0.25) is 5.02 Å². The summed E-state index contributed by atoms with van der Waals surface area (Å²) >= 11 is 7.62. The Bertz CT molecular complexity index is 712. The third-order valence-corrected chi connectivity index (χ3v) is 5.19. The van der Waals surface area contributed by atoms with Gasteiger partial charge in [0.2, 0.25) is 0 Å². The number of carbonyl (C=O) groups is 2. The Morgan fingerprint density at radius 2 is 2.05 bits per heavy atom. The van der Waals surface area contributed by atoms with Crippen molar-refractivity contribution in [2.24, 2.45) is 0 Å². The number of methoxy groups -OCH3 is 1. The molecule has 1 aromatic heterocycles. The van der Waals surface area contributed by atoms with Gasteiger partial charge in [0.25, 0.3) is 5.91 Å². The molecule has 0 aliphatic rings. The van der Waals surface area contributed by atoms with E-state index in [2.05, 4.69) is 5.32 Å². The van der Waals surface area contributed by atoms with E-state index in [0.29, 0.717) is 16.3 Å². The second kappa shape index (κ2) is 6.67. The Hall–Kier alpha value is -1.59. The van der Waals surface area contributed by atoms with Crippen molar-refractivity contribution in [1.29, 1.82) is 0 Å². The van der Waals surface area contributed by atoms with Crippen LogP contribution in [0.4, 0.5) is 0 Å². The lowest BCUT2D eigenvalue weighted by molar-refractivity contribution is -0.147. The summed E-state index contributed by atoms with van der Waals surface area (Å²) in [5, 5.41) is 4.04. The normalized spacial score (nSPS) is 13.6. The Kier molecular flexibility index (Phi) is 5.08. The van der Waals surface area contributed by atoms with Crippen LogP contribution in [0.3, 0.4) is 0 Å². The molecule has 0 saturated heterocycles. The van der Waals surface area contributed by atoms with Crippen LogP contribution in [0, 0.1) is 0 Å². The molecule has 1 amide bonds. The van der Waals surface area contributed by atoms with Crippen molar-refractivity contribution in [1.82, 2.24) is 5.32 Å². The maximum atomic E-state index is 12.6. The maximum absolute atomic E-state index is 12.6. The molecule has 6 heteroatoms. The number of fused-ring (bicyclic) bond motifs is 1. The summed E-state index contributed by atoms with van der Waals surface area (Å²) in [4.78, 5) is 24.9. The molecule has 2 aromatic rings. The Balaban J connectivity index is 2.33. The fourth-order valence-electron chi connectivity index (χ4n) is 2.41. The molecule has 0 radical (unpaired) electrons. The van der Waals surface area contributed by atoms with E-state index < -0.39 is 11.5 Å². The fraction of sp³-hybridized carbons (Fsp3) is 0.375. The molecule has 22 heavy (non-hydrogen) atoms. The van der Waals surface area contributed by atoms with Crippen molar-refractivity contribution in [2.45, 2.75) is 32.2 Å². The zero-order valence-corrected chi connectivity index (χ0v) is 14.3. The molecule has 1 N–H and O–H groups in total. The Labute approximate surface area is 138 Å². The van der Waals surface area contributed by atoms with E-state index in [1.807, 2.05) is 31.2 Å². The zero-order chi connectivity index (χ0) is 16.3. The number of benzene rings is 1. The van der Waals surface area contributed by atoms with Gasteiger partial charge in [0.1, 0.15) is 10.4 Å². The minimum absolute atomic E-state index is 0.354. The number of thiophene rings is 1. The average molecular weight is 340 g/mol. The predicted octanol–water partition coefficient (Wildman–Crippen LogP) is 4.02. The second-order valence-electron chi connectivity index (χ2n) is 5.27. The molecule has 0 fully saturated rings. The number of hydrogen-bond donors (Lipinski definition) is 1. The molecule has 0 aliphatic carbocycles. The van der Waals surface area contributed by atoms with Crippen molar-refractivity contribution in [3.05, 3.63) is 34.2 Å². The van der Waals surface area contributed by atoms with E-state index in [-0.39, 0.29) is 5.91 Å². The Morgan fingerprint density at radius 3 is 2.64 bits per heavy atom. The van der Waals surface area contributed by atoms with Gasteiger partial charge >= 0.3 is 5.97 Å². The van der Waals surface area contributed by atoms with Gasteiger partial charge in [-0.15, -0.1) is 11.3 Å². The van der Waals surface area contributed by atoms with Gasteiger partial charge in [0.05, 0.1) is 12.1 Å². The quantitative estimate of drug-likeness (QED) is 0.837. The molecule has 0 spiro atoms. The summed E-state index contributed by atoms with van der Waals surface area (Å²) in [5.74, 6) is -0.813. The van der Waals surface area contributed by atoms with E-state index in [4.69, 9.17) is 16.3 Å². The molecule has 4 nitrogen and oxygen atoms in total. The summed E-state index contributed by atoms with van der Waals surface area (Å²) < 4.78 is 5.75. The van der Waals surface area contributed by atoms with Crippen LogP contribution in [0.5, 0.6) is 0 Å². The van der Waals surface area contributed by atoms with E-state index >= 15 is 0 Å². The van der Waals surface area contributed by atoms with Crippen LogP contribution in [0.25, 0.3) is 10.1 Å². The summed E-state index contributed by atoms with van der Waals surface area (Å²) in [6.45, 7) is 3.61. The number of halogens is 1. The lowest BCUT2D eigenvalue weighted by Crippen LogP contribution is -2.52. The minimum Gasteiger partial charge on any atom is -0.467 e. The van der Waals surface area contributed by atoms with Crippen LogP contribution in [0.15, 0.2) is 24.3 Å². The minimum atomic E-state index is -1.06. The highest BCUT2D eigenvalue weighted by atomic mass is 35.5. The van der Waals surface area contributed by atoms with Gasteiger partial charge in [0.15, 0.2) is 0 Å². The molecule has 0 aliphatic heterocycles. The monoisotopic (exact) mass is 339 g/mol. The van der Waals surface area contributed by atoms with Crippen molar-refractivity contribution in [3.8, 4) is 0 Å². The molecule has 1 aromatic carbocycles. The molecule has 2 rings (SSSR count). The molecule has 1 heterocycles. The zero-order valence-electron chi connectivity index (χ0n) is 12.7. The highest BCUT2D eigenvalue weighted by Gasteiger charge is 2.36. The molecular weight excluding hydrogens is 322 g/mol. The lowest BCUT2D eigenvalue weighted by atomic mass is 9.96. The summed E-state index contributed by atoms with van der Waals surface area (Å²) in [6.07, 6.45) is 1.24. The number of hydrogen-bond acceptors (Lipinski definition) is 4. The topological polar surface area (TPSA) is 55.4 Å². The van der Waals surface area contributed by atoms with E-state index in [1.165, 1.54) is 18.4 Å². The molecular formula is C16H18ClNO3S. The van der Waals surface area contributed by atoms with Crippen molar-refractivity contribution in [2.75, 3.05) is 7.11 Å². The van der Waals surface area contributed by atoms with Gasteiger partial charge < -0.3 is 10.1 Å². The second-order valence-corrected chi connectivity index (χ2v) is 6.70.